The van der Waals surface area contributed by atoms with Gasteiger partial charge in [-0.05, 0) is 31.2 Å². The molecule has 1 aliphatic rings. The number of hydrogen-bond donors (Lipinski definition) is 1. The molecule has 1 rings (SSSR count). The van der Waals surface area contributed by atoms with Crippen molar-refractivity contribution in [2.45, 2.75) is 44.2 Å². The van der Waals surface area contributed by atoms with E-state index in [0.29, 0.717) is 45.7 Å². The van der Waals surface area contributed by atoms with Gasteiger partial charge in [-0.3, -0.25) is 4.79 Å². The average molecular weight is 358 g/mol. The molecular formula is C16H30N4O5. The minimum atomic E-state index is -0.272. The molecule has 0 atom stereocenters. The van der Waals surface area contributed by atoms with Crippen molar-refractivity contribution >= 4 is 5.97 Å². The molecule has 0 heterocycles. The fraction of sp³-hybridized carbons (Fsp3) is 0.938. The number of hydrogen-bond acceptors (Lipinski definition) is 7. The van der Waals surface area contributed by atoms with E-state index in [1.165, 1.54) is 7.11 Å². The van der Waals surface area contributed by atoms with E-state index in [-0.39, 0.29) is 18.4 Å². The number of methoxy groups -OCH3 is 1. The smallest absolute Gasteiger partial charge is 0.307 e. The lowest BCUT2D eigenvalue weighted by Crippen LogP contribution is -2.36. The summed E-state index contributed by atoms with van der Waals surface area (Å²) in [5.74, 6) is -0.272. The monoisotopic (exact) mass is 358 g/mol. The lowest BCUT2D eigenvalue weighted by atomic mass is 9.92. The summed E-state index contributed by atoms with van der Waals surface area (Å²) < 4.78 is 20.6. The van der Waals surface area contributed by atoms with E-state index < -0.39 is 0 Å². The largest absolute Gasteiger partial charge is 0.469 e. The lowest BCUT2D eigenvalue weighted by Gasteiger charge is -2.26. The molecule has 0 aliphatic heterocycles. The van der Waals surface area contributed by atoms with Crippen LogP contribution in [0, 0.1) is 0 Å². The first kappa shape index (κ1) is 21.7. The van der Waals surface area contributed by atoms with Crippen molar-refractivity contribution in [3.8, 4) is 0 Å². The highest BCUT2D eigenvalue weighted by Crippen LogP contribution is 2.21. The summed E-state index contributed by atoms with van der Waals surface area (Å²) in [4.78, 5) is 13.7. The van der Waals surface area contributed by atoms with Crippen LogP contribution in [0.4, 0.5) is 0 Å². The maximum atomic E-state index is 10.8. The van der Waals surface area contributed by atoms with Crippen LogP contribution in [0.5, 0.6) is 0 Å². The molecule has 0 radical (unpaired) electrons. The number of carbonyl (C=O) groups is 1. The Balaban J connectivity index is 1.79. The number of azide groups is 1. The molecule has 25 heavy (non-hydrogen) atoms. The first-order chi connectivity index (χ1) is 12.3. The van der Waals surface area contributed by atoms with Gasteiger partial charge in [-0.1, -0.05) is 5.11 Å². The Morgan fingerprint density at radius 2 is 1.64 bits per heavy atom. The fourth-order valence-electron chi connectivity index (χ4n) is 2.60. The van der Waals surface area contributed by atoms with E-state index in [2.05, 4.69) is 20.1 Å². The maximum Gasteiger partial charge on any atom is 0.307 e. The number of esters is 1. The predicted molar refractivity (Wildman–Crippen MR) is 92.3 cm³/mol. The third-order valence-corrected chi connectivity index (χ3v) is 4.01. The minimum Gasteiger partial charge on any atom is -0.469 e. The number of nitrogens with one attached hydrogen (secondary N) is 1. The van der Waals surface area contributed by atoms with Gasteiger partial charge in [0.1, 0.15) is 0 Å². The highest BCUT2D eigenvalue weighted by atomic mass is 16.5. The van der Waals surface area contributed by atoms with Crippen molar-refractivity contribution in [3.05, 3.63) is 10.4 Å². The second kappa shape index (κ2) is 14.9. The van der Waals surface area contributed by atoms with Gasteiger partial charge in [-0.2, -0.15) is 0 Å². The second-order valence-electron chi connectivity index (χ2n) is 5.83. The Morgan fingerprint density at radius 3 is 2.24 bits per heavy atom. The molecule has 9 nitrogen and oxygen atoms in total. The molecule has 1 fully saturated rings. The number of ether oxygens (including phenoxy) is 4. The van der Waals surface area contributed by atoms with Gasteiger partial charge >= 0.3 is 5.97 Å². The van der Waals surface area contributed by atoms with Gasteiger partial charge < -0.3 is 24.3 Å². The molecule has 0 saturated heterocycles. The van der Waals surface area contributed by atoms with Crippen LogP contribution < -0.4 is 5.32 Å². The topological polar surface area (TPSA) is 115 Å². The van der Waals surface area contributed by atoms with E-state index in [0.717, 1.165) is 32.2 Å². The highest BCUT2D eigenvalue weighted by molar-refractivity contribution is 5.69. The van der Waals surface area contributed by atoms with E-state index in [4.69, 9.17) is 19.7 Å². The van der Waals surface area contributed by atoms with Gasteiger partial charge in [-0.15, -0.1) is 0 Å². The summed E-state index contributed by atoms with van der Waals surface area (Å²) in [6.45, 7) is 3.82. The summed E-state index contributed by atoms with van der Waals surface area (Å²) in [6.07, 6.45) is 4.27. The van der Waals surface area contributed by atoms with Gasteiger partial charge in [0, 0.05) is 23.5 Å². The molecule has 0 amide bonds. The van der Waals surface area contributed by atoms with Crippen molar-refractivity contribution in [2.24, 2.45) is 5.11 Å². The predicted octanol–water partition coefficient (Wildman–Crippen LogP) is 1.81. The van der Waals surface area contributed by atoms with Crippen LogP contribution in [-0.4, -0.2) is 71.3 Å². The molecule has 0 aromatic heterocycles. The molecule has 1 N–H and O–H groups in total. The minimum absolute atomic E-state index is 0.167. The van der Waals surface area contributed by atoms with Crippen LogP contribution in [-0.2, 0) is 23.7 Å². The molecule has 9 heteroatoms. The van der Waals surface area contributed by atoms with E-state index >= 15 is 0 Å². The normalized spacial score (nSPS) is 20.0. The van der Waals surface area contributed by atoms with Gasteiger partial charge in [-0.25, -0.2) is 0 Å². The molecule has 0 unspecified atom stereocenters. The van der Waals surface area contributed by atoms with Gasteiger partial charge in [0.2, 0.25) is 0 Å². The second-order valence-corrected chi connectivity index (χ2v) is 5.83. The molecule has 0 aromatic carbocycles. The lowest BCUT2D eigenvalue weighted by molar-refractivity contribution is -0.141. The Hall–Kier alpha value is -1.38. The molecule has 0 bridgehead atoms. The van der Waals surface area contributed by atoms with Crippen LogP contribution in [0.2, 0.25) is 0 Å². The Labute approximate surface area is 149 Å². The SMILES string of the molecule is COC(=O)CCOCCOCCOCCNC1CCC(N=[N+]=[N-])CC1. The zero-order valence-electron chi connectivity index (χ0n) is 15.0. The Bertz CT molecular complexity index is 396. The van der Waals surface area contributed by atoms with Crippen LogP contribution in [0.15, 0.2) is 5.11 Å². The first-order valence-electron chi connectivity index (χ1n) is 8.84. The molecule has 1 saturated carbocycles. The van der Waals surface area contributed by atoms with Crippen molar-refractivity contribution in [1.82, 2.24) is 5.32 Å². The summed E-state index contributed by atoms with van der Waals surface area (Å²) in [7, 11) is 1.36. The van der Waals surface area contributed by atoms with Crippen molar-refractivity contribution < 1.29 is 23.7 Å². The van der Waals surface area contributed by atoms with Crippen LogP contribution in [0.25, 0.3) is 10.4 Å². The molecule has 1 aliphatic carbocycles. The van der Waals surface area contributed by atoms with Crippen molar-refractivity contribution in [2.75, 3.05) is 53.3 Å². The van der Waals surface area contributed by atoms with Crippen molar-refractivity contribution in [1.29, 1.82) is 0 Å². The Morgan fingerprint density at radius 1 is 1.04 bits per heavy atom. The van der Waals surface area contributed by atoms with Gasteiger partial charge in [0.15, 0.2) is 0 Å². The van der Waals surface area contributed by atoms with Gasteiger partial charge in [0.25, 0.3) is 0 Å². The summed E-state index contributed by atoms with van der Waals surface area (Å²) >= 11 is 0. The number of rotatable bonds is 14. The first-order valence-corrected chi connectivity index (χ1v) is 8.84. The third kappa shape index (κ3) is 11.7. The molecule has 0 spiro atoms. The van der Waals surface area contributed by atoms with Crippen LogP contribution >= 0.6 is 0 Å². The standard InChI is InChI=1S/C16H30N4O5/c1-22-16(21)6-8-23-10-12-25-13-11-24-9-7-18-14-2-4-15(5-3-14)19-20-17/h14-15,18H,2-13H2,1H3. The third-order valence-electron chi connectivity index (χ3n) is 4.01. The zero-order valence-corrected chi connectivity index (χ0v) is 15.0. The highest BCUT2D eigenvalue weighted by Gasteiger charge is 2.19. The van der Waals surface area contributed by atoms with Gasteiger partial charge in [0.05, 0.1) is 53.2 Å². The zero-order chi connectivity index (χ0) is 18.2. The van der Waals surface area contributed by atoms with Crippen LogP contribution in [0.1, 0.15) is 32.1 Å². The summed E-state index contributed by atoms with van der Waals surface area (Å²) in [5.41, 5.74) is 8.42. The van der Waals surface area contributed by atoms with E-state index in [1.807, 2.05) is 0 Å². The van der Waals surface area contributed by atoms with Crippen molar-refractivity contribution in [3.63, 3.8) is 0 Å². The van der Waals surface area contributed by atoms with E-state index in [1.54, 1.807) is 0 Å². The molecule has 0 aromatic rings. The maximum absolute atomic E-state index is 10.8. The molecule has 144 valence electrons. The summed E-state index contributed by atoms with van der Waals surface area (Å²) in [5, 5.41) is 7.24. The number of carbonyl (C=O) groups excluding carboxylic acids is 1. The molecular weight excluding hydrogens is 328 g/mol. The fourth-order valence-corrected chi connectivity index (χ4v) is 2.60. The van der Waals surface area contributed by atoms with E-state index in [9.17, 15) is 4.79 Å². The van der Waals surface area contributed by atoms with Crippen LogP contribution in [0.3, 0.4) is 0 Å². The average Bonchev–Trinajstić information content (AvgIpc) is 2.64. The number of nitrogens with zero attached hydrogens (tertiary/aromatic N) is 3. The Kier molecular flexibility index (Phi) is 12.9. The quantitative estimate of drug-likeness (QED) is 0.166. The summed E-state index contributed by atoms with van der Waals surface area (Å²) in [6, 6.07) is 0.660.